The first-order chi connectivity index (χ1) is 13.2. The Bertz CT molecular complexity index is 823. The van der Waals surface area contributed by atoms with Gasteiger partial charge in [-0.15, -0.1) is 0 Å². The van der Waals surface area contributed by atoms with Gasteiger partial charge in [0, 0.05) is 5.02 Å². The number of urea groups is 1. The number of hydrogen-bond acceptors (Lipinski definition) is 4. The molecule has 152 valence electrons. The third-order valence-electron chi connectivity index (χ3n) is 5.93. The zero-order valence-electron chi connectivity index (χ0n) is 16.8. The van der Waals surface area contributed by atoms with Gasteiger partial charge in [0.25, 0.3) is 5.91 Å². The summed E-state index contributed by atoms with van der Waals surface area (Å²) in [5.41, 5.74) is 0.715. The summed E-state index contributed by atoms with van der Waals surface area (Å²) in [6.07, 6.45) is 3.42. The summed E-state index contributed by atoms with van der Waals surface area (Å²) in [6, 6.07) is 2.98. The lowest BCUT2D eigenvalue weighted by Crippen LogP contribution is -2.54. The number of esters is 1. The molecule has 1 saturated carbocycles. The van der Waals surface area contributed by atoms with Crippen molar-refractivity contribution in [3.05, 3.63) is 28.3 Å². The van der Waals surface area contributed by atoms with E-state index >= 15 is 0 Å². The Hall–Kier alpha value is -2.08. The molecule has 1 N–H and O–H groups in total. The molecule has 0 bridgehead atoms. The summed E-state index contributed by atoms with van der Waals surface area (Å²) < 4.78 is 5.53. The van der Waals surface area contributed by atoms with Crippen LogP contribution < -0.4 is 10.1 Å². The van der Waals surface area contributed by atoms with Gasteiger partial charge in [0.1, 0.15) is 17.8 Å². The van der Waals surface area contributed by atoms with Gasteiger partial charge in [0.15, 0.2) is 0 Å². The fourth-order valence-electron chi connectivity index (χ4n) is 4.13. The Morgan fingerprint density at radius 1 is 1.36 bits per heavy atom. The molecule has 2 atom stereocenters. The van der Waals surface area contributed by atoms with Gasteiger partial charge in [0.05, 0.1) is 0 Å². The largest absolute Gasteiger partial charge is 0.425 e. The van der Waals surface area contributed by atoms with E-state index < -0.39 is 24.1 Å². The molecule has 1 aliphatic heterocycles. The number of nitrogens with zero attached hydrogens (tertiary/aromatic N) is 1. The minimum Gasteiger partial charge on any atom is -0.425 e. The molecular formula is C21H27ClN2O4. The fourth-order valence-corrected chi connectivity index (χ4v) is 4.31. The Morgan fingerprint density at radius 3 is 2.71 bits per heavy atom. The molecule has 1 spiro atoms. The average Bonchev–Trinajstić information content (AvgIpc) is 2.85. The van der Waals surface area contributed by atoms with Crippen molar-refractivity contribution in [3.8, 4) is 5.75 Å². The maximum atomic E-state index is 13.0. The molecule has 0 aromatic heterocycles. The minimum atomic E-state index is -0.879. The van der Waals surface area contributed by atoms with Crippen molar-refractivity contribution in [2.24, 2.45) is 5.92 Å². The molecule has 1 saturated heterocycles. The van der Waals surface area contributed by atoms with Crippen molar-refractivity contribution in [1.82, 2.24) is 10.2 Å². The monoisotopic (exact) mass is 406 g/mol. The maximum Gasteiger partial charge on any atom is 0.331 e. The highest BCUT2D eigenvalue weighted by molar-refractivity contribution is 6.31. The van der Waals surface area contributed by atoms with Crippen LogP contribution in [0.4, 0.5) is 4.79 Å². The molecular weight excluding hydrogens is 380 g/mol. The number of nitrogens with one attached hydrogen (secondary N) is 1. The summed E-state index contributed by atoms with van der Waals surface area (Å²) >= 11 is 6.19. The second-order valence-corrected chi connectivity index (χ2v) is 8.61. The molecule has 1 heterocycles. The first-order valence-corrected chi connectivity index (χ1v) is 10.2. The van der Waals surface area contributed by atoms with Crippen molar-refractivity contribution >= 4 is 29.5 Å². The summed E-state index contributed by atoms with van der Waals surface area (Å²) in [6.45, 7) is 7.35. The molecule has 3 rings (SSSR count). The Labute approximate surface area is 170 Å². The van der Waals surface area contributed by atoms with Crippen LogP contribution in [0.2, 0.25) is 5.02 Å². The van der Waals surface area contributed by atoms with Crippen molar-refractivity contribution in [2.45, 2.75) is 64.8 Å². The maximum absolute atomic E-state index is 13.0. The zero-order valence-corrected chi connectivity index (χ0v) is 17.6. The highest BCUT2D eigenvalue weighted by atomic mass is 35.5. The van der Waals surface area contributed by atoms with Crippen LogP contribution in [0.15, 0.2) is 12.1 Å². The van der Waals surface area contributed by atoms with E-state index in [1.54, 1.807) is 12.1 Å². The van der Waals surface area contributed by atoms with Crippen molar-refractivity contribution in [3.63, 3.8) is 0 Å². The molecule has 28 heavy (non-hydrogen) atoms. The van der Waals surface area contributed by atoms with E-state index in [9.17, 15) is 14.4 Å². The number of ether oxygens (including phenoxy) is 1. The molecule has 2 aliphatic rings. The van der Waals surface area contributed by atoms with E-state index in [-0.39, 0.29) is 17.7 Å². The molecule has 1 aliphatic carbocycles. The van der Waals surface area contributed by atoms with Crippen LogP contribution >= 0.6 is 11.6 Å². The van der Waals surface area contributed by atoms with E-state index in [2.05, 4.69) is 5.32 Å². The molecule has 1 aromatic carbocycles. The summed E-state index contributed by atoms with van der Waals surface area (Å²) in [4.78, 5) is 39.0. The lowest BCUT2D eigenvalue weighted by molar-refractivity contribution is -0.142. The molecule has 3 amide bonds. The van der Waals surface area contributed by atoms with Gasteiger partial charge in [-0.25, -0.2) is 9.59 Å². The van der Waals surface area contributed by atoms with Crippen LogP contribution in [0.5, 0.6) is 5.75 Å². The fraction of sp³-hybridized carbons (Fsp3) is 0.571. The van der Waals surface area contributed by atoms with Crippen LogP contribution in [-0.2, 0) is 9.59 Å². The molecule has 2 unspecified atom stereocenters. The van der Waals surface area contributed by atoms with E-state index in [0.29, 0.717) is 17.2 Å². The predicted molar refractivity (Wildman–Crippen MR) is 107 cm³/mol. The smallest absolute Gasteiger partial charge is 0.331 e. The van der Waals surface area contributed by atoms with E-state index in [4.69, 9.17) is 16.3 Å². The second kappa shape index (κ2) is 7.74. The van der Waals surface area contributed by atoms with Gasteiger partial charge >= 0.3 is 12.0 Å². The lowest BCUT2D eigenvalue weighted by Gasteiger charge is -2.36. The van der Waals surface area contributed by atoms with Crippen LogP contribution in [-0.4, -0.2) is 34.9 Å². The topological polar surface area (TPSA) is 75.7 Å². The lowest BCUT2D eigenvalue weighted by atomic mass is 9.73. The second-order valence-electron chi connectivity index (χ2n) is 8.21. The summed E-state index contributed by atoms with van der Waals surface area (Å²) in [7, 11) is 0. The normalized spacial score (nSPS) is 24.8. The number of aryl methyl sites for hydroxylation is 1. The van der Waals surface area contributed by atoms with Crippen LogP contribution in [0, 0.1) is 12.8 Å². The van der Waals surface area contributed by atoms with Gasteiger partial charge in [0.2, 0.25) is 0 Å². The number of halogens is 1. The summed E-state index contributed by atoms with van der Waals surface area (Å²) in [5.74, 6) is -0.408. The van der Waals surface area contributed by atoms with Gasteiger partial charge in [-0.05, 0) is 54.9 Å². The first kappa shape index (κ1) is 20.6. The summed E-state index contributed by atoms with van der Waals surface area (Å²) in [5, 5.41) is 3.45. The Balaban J connectivity index is 1.76. The standard InChI is InChI=1S/C21H27ClN2O4/c1-12(2)15-10-16(22)13(3)9-17(15)28-18(25)11-24-19(26)21(23-20(24)27)8-6-5-7-14(21)4/h9-10,12,14H,5-8,11H2,1-4H3,(H,23,27). The number of rotatable bonds is 4. The Morgan fingerprint density at radius 2 is 2.07 bits per heavy atom. The number of amides is 3. The minimum absolute atomic E-state index is 0.0465. The van der Waals surface area contributed by atoms with Gasteiger partial charge < -0.3 is 10.1 Å². The number of carbonyl (C=O) groups is 3. The van der Waals surface area contributed by atoms with E-state index in [1.165, 1.54) is 0 Å². The molecule has 2 fully saturated rings. The van der Waals surface area contributed by atoms with E-state index in [1.807, 2.05) is 27.7 Å². The van der Waals surface area contributed by atoms with Crippen LogP contribution in [0.3, 0.4) is 0 Å². The predicted octanol–water partition coefficient (Wildman–Crippen LogP) is 4.18. The SMILES string of the molecule is Cc1cc(OC(=O)CN2C(=O)NC3(CCCCC3C)C2=O)c(C(C)C)cc1Cl. The third kappa shape index (κ3) is 3.62. The number of carbonyl (C=O) groups excluding carboxylic acids is 3. The van der Waals surface area contributed by atoms with E-state index in [0.717, 1.165) is 35.3 Å². The van der Waals surface area contributed by atoms with Crippen molar-refractivity contribution < 1.29 is 19.1 Å². The van der Waals surface area contributed by atoms with Crippen LogP contribution in [0.25, 0.3) is 0 Å². The Kier molecular flexibility index (Phi) is 5.71. The molecule has 7 heteroatoms. The third-order valence-corrected chi connectivity index (χ3v) is 6.33. The van der Waals surface area contributed by atoms with Crippen LogP contribution in [0.1, 0.15) is 63.5 Å². The van der Waals surface area contributed by atoms with Gasteiger partial charge in [-0.2, -0.15) is 0 Å². The average molecular weight is 407 g/mol. The number of imide groups is 1. The molecule has 6 nitrogen and oxygen atoms in total. The number of benzene rings is 1. The number of hydrogen-bond donors (Lipinski definition) is 1. The molecule has 1 aromatic rings. The first-order valence-electron chi connectivity index (χ1n) is 9.80. The van der Waals surface area contributed by atoms with Gasteiger partial charge in [-0.1, -0.05) is 45.2 Å². The zero-order chi connectivity index (χ0) is 20.6. The van der Waals surface area contributed by atoms with Crippen molar-refractivity contribution in [1.29, 1.82) is 0 Å². The van der Waals surface area contributed by atoms with Gasteiger partial charge in [-0.3, -0.25) is 9.69 Å². The highest BCUT2D eigenvalue weighted by Gasteiger charge is 2.55. The quantitative estimate of drug-likeness (QED) is 0.462. The highest BCUT2D eigenvalue weighted by Crippen LogP contribution is 2.38. The molecule has 0 radical (unpaired) electrons. The van der Waals surface area contributed by atoms with Crippen molar-refractivity contribution in [2.75, 3.05) is 6.54 Å².